The van der Waals surface area contributed by atoms with Gasteiger partial charge < -0.3 is 20.4 Å². The second kappa shape index (κ2) is 18.2. The lowest BCUT2D eigenvalue weighted by atomic mass is 9.89. The standard InChI is InChI=1S/C42H52Cl2N4O4/c1-27(2)39(41(51)47-21-17-31(18-22-47)29-9-13-35(43)14-10-29)45-37(49)25-33-7-5-6-8-34(33)26-38(50)46-40(28(3)4)42(52)48-23-19-32(20-24-48)30-11-15-36(44)16-12-30/h5-16,27-28,31-32,39-40H,17-26H2,1-4H3,(H,45,49)(H,46,50)/t39-,40-/m1/s1. The lowest BCUT2D eigenvalue weighted by Gasteiger charge is -2.35. The van der Waals surface area contributed by atoms with Gasteiger partial charge >= 0.3 is 0 Å². The Balaban J connectivity index is 1.14. The second-order valence-electron chi connectivity index (χ2n) is 15.0. The van der Waals surface area contributed by atoms with E-state index >= 15 is 0 Å². The molecule has 0 unspecified atom stereocenters. The van der Waals surface area contributed by atoms with Crippen molar-refractivity contribution < 1.29 is 19.2 Å². The van der Waals surface area contributed by atoms with Crippen LogP contribution in [0.3, 0.4) is 0 Å². The third kappa shape index (κ3) is 10.4. The first-order valence-electron chi connectivity index (χ1n) is 18.6. The Morgan fingerprint density at radius 1 is 0.577 bits per heavy atom. The number of likely N-dealkylation sites (tertiary alicyclic amines) is 2. The summed E-state index contributed by atoms with van der Waals surface area (Å²) in [5.74, 6) is -0.126. The van der Waals surface area contributed by atoms with Crippen molar-refractivity contribution in [3.63, 3.8) is 0 Å². The first kappa shape index (κ1) is 39.3. The quantitative estimate of drug-likeness (QED) is 0.205. The van der Waals surface area contributed by atoms with Gasteiger partial charge in [-0.3, -0.25) is 19.2 Å². The molecule has 2 saturated heterocycles. The molecule has 2 atom stereocenters. The zero-order valence-electron chi connectivity index (χ0n) is 30.7. The van der Waals surface area contributed by atoms with E-state index < -0.39 is 12.1 Å². The molecule has 10 heteroatoms. The lowest BCUT2D eigenvalue weighted by Crippen LogP contribution is -2.53. The summed E-state index contributed by atoms with van der Waals surface area (Å²) in [5.41, 5.74) is 3.89. The fourth-order valence-electron chi connectivity index (χ4n) is 7.45. The molecule has 2 aliphatic heterocycles. The van der Waals surface area contributed by atoms with Crippen LogP contribution in [-0.2, 0) is 32.0 Å². The van der Waals surface area contributed by atoms with Crippen molar-refractivity contribution in [2.45, 2.75) is 90.1 Å². The largest absolute Gasteiger partial charge is 0.344 e. The number of carbonyl (C=O) groups is 4. The second-order valence-corrected chi connectivity index (χ2v) is 15.9. The van der Waals surface area contributed by atoms with Crippen LogP contribution in [0.1, 0.15) is 87.5 Å². The molecule has 3 aromatic carbocycles. The molecule has 5 rings (SSSR count). The van der Waals surface area contributed by atoms with E-state index in [1.54, 1.807) is 0 Å². The van der Waals surface area contributed by atoms with Crippen molar-refractivity contribution >= 4 is 46.8 Å². The van der Waals surface area contributed by atoms with E-state index in [1.807, 2.05) is 86.0 Å². The van der Waals surface area contributed by atoms with Crippen LogP contribution in [0.2, 0.25) is 10.0 Å². The predicted octanol–water partition coefficient (Wildman–Crippen LogP) is 7.17. The van der Waals surface area contributed by atoms with E-state index in [2.05, 4.69) is 34.9 Å². The Bertz CT molecular complexity index is 1550. The van der Waals surface area contributed by atoms with Crippen molar-refractivity contribution in [1.29, 1.82) is 0 Å². The number of amides is 4. The minimum atomic E-state index is -0.649. The van der Waals surface area contributed by atoms with Crippen molar-refractivity contribution in [3.05, 3.63) is 105 Å². The Kier molecular flexibility index (Phi) is 13.8. The number of benzene rings is 3. The van der Waals surface area contributed by atoms with Crippen LogP contribution in [0.15, 0.2) is 72.8 Å². The summed E-state index contributed by atoms with van der Waals surface area (Å²) in [6, 6.07) is 21.9. The van der Waals surface area contributed by atoms with Gasteiger partial charge in [0.15, 0.2) is 0 Å². The topological polar surface area (TPSA) is 98.8 Å². The maximum atomic E-state index is 13.7. The van der Waals surface area contributed by atoms with Crippen LogP contribution < -0.4 is 10.6 Å². The molecule has 0 spiro atoms. The van der Waals surface area contributed by atoms with Crippen LogP contribution in [-0.4, -0.2) is 71.7 Å². The minimum absolute atomic E-state index is 0.0354. The van der Waals surface area contributed by atoms with Gasteiger partial charge in [-0.25, -0.2) is 0 Å². The number of nitrogens with zero attached hydrogens (tertiary/aromatic N) is 2. The molecule has 0 aliphatic carbocycles. The highest BCUT2D eigenvalue weighted by atomic mass is 35.5. The first-order valence-corrected chi connectivity index (χ1v) is 19.4. The number of halogens is 2. The molecule has 52 heavy (non-hydrogen) atoms. The first-order chi connectivity index (χ1) is 24.9. The van der Waals surface area contributed by atoms with Gasteiger partial charge in [-0.1, -0.05) is 99.4 Å². The smallest absolute Gasteiger partial charge is 0.245 e. The maximum Gasteiger partial charge on any atom is 0.245 e. The molecule has 2 fully saturated rings. The molecule has 278 valence electrons. The van der Waals surface area contributed by atoms with Gasteiger partial charge in [0.2, 0.25) is 23.6 Å². The van der Waals surface area contributed by atoms with Gasteiger partial charge in [0.05, 0.1) is 12.8 Å². The van der Waals surface area contributed by atoms with Gasteiger partial charge in [-0.15, -0.1) is 0 Å². The van der Waals surface area contributed by atoms with Crippen molar-refractivity contribution in [3.8, 4) is 0 Å². The average molecular weight is 748 g/mol. The summed E-state index contributed by atoms with van der Waals surface area (Å²) in [7, 11) is 0. The number of hydrogen-bond acceptors (Lipinski definition) is 4. The van der Waals surface area contributed by atoms with E-state index in [-0.39, 0.29) is 48.3 Å². The summed E-state index contributed by atoms with van der Waals surface area (Å²) in [6.45, 7) is 10.3. The monoisotopic (exact) mass is 746 g/mol. The van der Waals surface area contributed by atoms with Crippen molar-refractivity contribution in [2.75, 3.05) is 26.2 Å². The molecule has 2 N–H and O–H groups in total. The summed E-state index contributed by atoms with van der Waals surface area (Å²) >= 11 is 12.1. The van der Waals surface area contributed by atoms with Crippen LogP contribution in [0, 0.1) is 11.8 Å². The maximum absolute atomic E-state index is 13.7. The molecule has 0 bridgehead atoms. The number of carbonyl (C=O) groups excluding carboxylic acids is 4. The molecular weight excluding hydrogens is 695 g/mol. The molecule has 4 amide bonds. The van der Waals surface area contributed by atoms with Crippen LogP contribution in [0.4, 0.5) is 0 Å². The Labute approximate surface area is 318 Å². The molecule has 2 heterocycles. The van der Waals surface area contributed by atoms with Crippen LogP contribution in [0.5, 0.6) is 0 Å². The van der Waals surface area contributed by atoms with E-state index in [4.69, 9.17) is 23.2 Å². The fourth-order valence-corrected chi connectivity index (χ4v) is 7.71. The normalized spacial score (nSPS) is 16.8. The number of hydrogen-bond donors (Lipinski definition) is 2. The Morgan fingerprint density at radius 2 is 0.904 bits per heavy atom. The fraction of sp³-hybridized carbons (Fsp3) is 0.476. The third-order valence-corrected chi connectivity index (χ3v) is 11.1. The predicted molar refractivity (Wildman–Crippen MR) is 207 cm³/mol. The highest BCUT2D eigenvalue weighted by Gasteiger charge is 2.33. The number of rotatable bonds is 12. The molecule has 3 aromatic rings. The summed E-state index contributed by atoms with van der Waals surface area (Å²) in [6.07, 6.45) is 3.49. The molecule has 2 aliphatic rings. The van der Waals surface area contributed by atoms with Gasteiger partial charge in [-0.2, -0.15) is 0 Å². The van der Waals surface area contributed by atoms with Gasteiger partial charge in [0.1, 0.15) is 12.1 Å². The van der Waals surface area contributed by atoms with Gasteiger partial charge in [0.25, 0.3) is 0 Å². The van der Waals surface area contributed by atoms with Crippen LogP contribution in [0.25, 0.3) is 0 Å². The number of nitrogens with one attached hydrogen (secondary N) is 2. The van der Waals surface area contributed by atoms with Gasteiger partial charge in [-0.05, 0) is 95.9 Å². The molecule has 8 nitrogen and oxygen atoms in total. The summed E-state index contributed by atoms with van der Waals surface area (Å²) in [5, 5.41) is 7.43. The molecule has 0 radical (unpaired) electrons. The van der Waals surface area contributed by atoms with E-state index in [0.29, 0.717) is 59.2 Å². The van der Waals surface area contributed by atoms with E-state index in [9.17, 15) is 19.2 Å². The molecule has 0 saturated carbocycles. The van der Waals surface area contributed by atoms with E-state index in [1.165, 1.54) is 11.1 Å². The van der Waals surface area contributed by atoms with Crippen molar-refractivity contribution in [1.82, 2.24) is 20.4 Å². The zero-order chi connectivity index (χ0) is 37.4. The minimum Gasteiger partial charge on any atom is -0.344 e. The van der Waals surface area contributed by atoms with Gasteiger partial charge in [0, 0.05) is 36.2 Å². The highest BCUT2D eigenvalue weighted by molar-refractivity contribution is 6.30. The van der Waals surface area contributed by atoms with Crippen LogP contribution >= 0.6 is 23.2 Å². The Hall–Kier alpha value is -3.88. The zero-order valence-corrected chi connectivity index (χ0v) is 32.3. The molecular formula is C42H52Cl2N4O4. The number of piperidine rings is 2. The Morgan fingerprint density at radius 3 is 1.21 bits per heavy atom. The average Bonchev–Trinajstić information content (AvgIpc) is 3.13. The lowest BCUT2D eigenvalue weighted by molar-refractivity contribution is -0.138. The third-order valence-electron chi connectivity index (χ3n) is 10.6. The summed E-state index contributed by atoms with van der Waals surface area (Å²) < 4.78 is 0. The summed E-state index contributed by atoms with van der Waals surface area (Å²) in [4.78, 5) is 57.9. The molecule has 0 aromatic heterocycles. The van der Waals surface area contributed by atoms with Crippen molar-refractivity contribution in [2.24, 2.45) is 11.8 Å². The van der Waals surface area contributed by atoms with E-state index in [0.717, 1.165) is 25.7 Å². The highest BCUT2D eigenvalue weighted by Crippen LogP contribution is 2.31. The SMILES string of the molecule is CC(C)[C@@H](NC(=O)Cc1ccccc1CC(=O)N[C@@H](C(=O)N1CCC(c2ccc(Cl)cc2)CC1)C(C)C)C(=O)N1CCC(c2ccc(Cl)cc2)CC1.